The van der Waals surface area contributed by atoms with E-state index in [4.69, 9.17) is 0 Å². The number of benzene rings is 3. The van der Waals surface area contributed by atoms with Crippen molar-refractivity contribution in [3.8, 4) is 0 Å². The van der Waals surface area contributed by atoms with Crippen LogP contribution in [0.3, 0.4) is 0 Å². The summed E-state index contributed by atoms with van der Waals surface area (Å²) in [6.07, 6.45) is -3.93. The van der Waals surface area contributed by atoms with Gasteiger partial charge < -0.3 is 10.2 Å². The molecular formula is C23H22F3N3O3S. The Hall–Kier alpha value is -3.11. The molecule has 174 valence electrons. The van der Waals surface area contributed by atoms with Gasteiger partial charge in [0.05, 0.1) is 16.1 Å². The third kappa shape index (κ3) is 5.28. The Morgan fingerprint density at radius 3 is 2.33 bits per heavy atom. The first kappa shape index (κ1) is 23.1. The number of sulfonamides is 1. The summed E-state index contributed by atoms with van der Waals surface area (Å²) in [7, 11) is -4.12. The monoisotopic (exact) mass is 477 g/mol. The number of anilines is 1. The lowest BCUT2D eigenvalue weighted by molar-refractivity contribution is -0.137. The molecule has 0 radical (unpaired) electrons. The normalized spacial score (nSPS) is 15.5. The van der Waals surface area contributed by atoms with E-state index >= 15 is 0 Å². The zero-order chi connectivity index (χ0) is 23.6. The molecule has 1 saturated heterocycles. The van der Waals surface area contributed by atoms with Gasteiger partial charge in [0.25, 0.3) is 0 Å². The zero-order valence-electron chi connectivity index (χ0n) is 17.5. The average Bonchev–Trinajstić information content (AvgIpc) is 2.79. The number of halogens is 3. The SMILES string of the molecule is O=C(Nc1cccc2ccccc12)N1CCC(NS(=O)(=O)c2cccc(C(F)(F)F)c2)CC1. The Morgan fingerprint density at radius 2 is 1.61 bits per heavy atom. The van der Waals surface area contributed by atoms with E-state index in [0.717, 1.165) is 29.0 Å². The molecule has 1 fully saturated rings. The zero-order valence-corrected chi connectivity index (χ0v) is 18.3. The van der Waals surface area contributed by atoms with Crippen molar-refractivity contribution in [2.45, 2.75) is 30.0 Å². The predicted octanol–water partition coefficient (Wildman–Crippen LogP) is 4.83. The summed E-state index contributed by atoms with van der Waals surface area (Å²) >= 11 is 0. The second-order valence-corrected chi connectivity index (χ2v) is 9.58. The van der Waals surface area contributed by atoms with Crippen LogP contribution < -0.4 is 10.0 Å². The first-order valence-electron chi connectivity index (χ1n) is 10.4. The molecule has 1 aliphatic rings. The fourth-order valence-electron chi connectivity index (χ4n) is 3.86. The number of carbonyl (C=O) groups is 1. The van der Waals surface area contributed by atoms with Crippen LogP contribution >= 0.6 is 0 Å². The second-order valence-electron chi connectivity index (χ2n) is 7.87. The van der Waals surface area contributed by atoms with Gasteiger partial charge in [-0.25, -0.2) is 17.9 Å². The Balaban J connectivity index is 1.37. The van der Waals surface area contributed by atoms with Gasteiger partial charge in [0, 0.05) is 24.5 Å². The van der Waals surface area contributed by atoms with E-state index in [1.54, 1.807) is 4.90 Å². The number of hydrogen-bond acceptors (Lipinski definition) is 3. The highest BCUT2D eigenvalue weighted by Gasteiger charge is 2.32. The number of nitrogens with zero attached hydrogens (tertiary/aromatic N) is 1. The standard InChI is InChI=1S/C23H22F3N3O3S/c24-23(25,26)17-7-4-8-19(15-17)33(31,32)28-18-11-13-29(14-12-18)22(30)27-21-10-3-6-16-5-1-2-9-20(16)21/h1-10,15,18,28H,11-14H2,(H,27,30). The van der Waals surface area contributed by atoms with Crippen molar-refractivity contribution >= 4 is 32.5 Å². The lowest BCUT2D eigenvalue weighted by atomic mass is 10.1. The molecule has 0 unspecified atom stereocenters. The molecule has 3 aromatic carbocycles. The van der Waals surface area contributed by atoms with E-state index in [9.17, 15) is 26.4 Å². The predicted molar refractivity (Wildman–Crippen MR) is 119 cm³/mol. The van der Waals surface area contributed by atoms with Crippen molar-refractivity contribution in [2.75, 3.05) is 18.4 Å². The van der Waals surface area contributed by atoms with Crippen molar-refractivity contribution in [1.29, 1.82) is 0 Å². The average molecular weight is 478 g/mol. The van der Waals surface area contributed by atoms with Crippen LogP contribution in [0.15, 0.2) is 71.6 Å². The number of hydrogen-bond donors (Lipinski definition) is 2. The highest BCUT2D eigenvalue weighted by atomic mass is 32.2. The summed E-state index contributed by atoms with van der Waals surface area (Å²) in [5.74, 6) is 0. The fourth-order valence-corrected chi connectivity index (χ4v) is 5.21. The quantitative estimate of drug-likeness (QED) is 0.565. The highest BCUT2D eigenvalue weighted by molar-refractivity contribution is 7.89. The Bertz CT molecular complexity index is 1270. The molecule has 0 aliphatic carbocycles. The molecule has 0 saturated carbocycles. The van der Waals surface area contributed by atoms with Crippen molar-refractivity contribution in [3.05, 3.63) is 72.3 Å². The number of carbonyl (C=O) groups excluding carboxylic acids is 1. The molecular weight excluding hydrogens is 455 g/mol. The molecule has 2 N–H and O–H groups in total. The third-order valence-electron chi connectivity index (χ3n) is 5.61. The summed E-state index contributed by atoms with van der Waals surface area (Å²) in [6, 6.07) is 16.2. The number of rotatable bonds is 4. The van der Waals surface area contributed by atoms with Gasteiger partial charge in [-0.2, -0.15) is 13.2 Å². The van der Waals surface area contributed by atoms with Gasteiger partial charge in [-0.3, -0.25) is 0 Å². The molecule has 2 amide bonds. The summed E-state index contributed by atoms with van der Waals surface area (Å²) in [5.41, 5.74) is -0.337. The van der Waals surface area contributed by atoms with Crippen LogP contribution in [0.4, 0.5) is 23.7 Å². The summed E-state index contributed by atoms with van der Waals surface area (Å²) in [6.45, 7) is 0.624. The largest absolute Gasteiger partial charge is 0.416 e. The molecule has 1 aliphatic heterocycles. The van der Waals surface area contributed by atoms with E-state index in [1.807, 2.05) is 42.5 Å². The summed E-state index contributed by atoms with van der Waals surface area (Å²) in [4.78, 5) is 13.9. The molecule has 0 atom stereocenters. The molecule has 0 spiro atoms. The topological polar surface area (TPSA) is 78.5 Å². The molecule has 0 aromatic heterocycles. The maximum absolute atomic E-state index is 12.9. The van der Waals surface area contributed by atoms with Crippen LogP contribution in [-0.2, 0) is 16.2 Å². The van der Waals surface area contributed by atoms with Gasteiger partial charge in [-0.15, -0.1) is 0 Å². The van der Waals surface area contributed by atoms with E-state index in [0.29, 0.717) is 37.7 Å². The minimum atomic E-state index is -4.63. The van der Waals surface area contributed by atoms with E-state index < -0.39 is 32.7 Å². The van der Waals surface area contributed by atoms with Crippen LogP contribution in [0.25, 0.3) is 10.8 Å². The Kier molecular flexibility index (Phi) is 6.31. The van der Waals surface area contributed by atoms with Gasteiger partial charge in [-0.1, -0.05) is 42.5 Å². The number of piperidine rings is 1. The van der Waals surface area contributed by atoms with Crippen molar-refractivity contribution in [3.63, 3.8) is 0 Å². The number of alkyl halides is 3. The van der Waals surface area contributed by atoms with Gasteiger partial charge >= 0.3 is 12.2 Å². The van der Waals surface area contributed by atoms with E-state index in [2.05, 4.69) is 10.0 Å². The second kappa shape index (κ2) is 9.03. The minimum Gasteiger partial charge on any atom is -0.324 e. The number of amides is 2. The first-order chi connectivity index (χ1) is 15.6. The van der Waals surface area contributed by atoms with E-state index in [1.165, 1.54) is 0 Å². The molecule has 3 aromatic rings. The number of nitrogens with one attached hydrogen (secondary N) is 2. The molecule has 6 nitrogen and oxygen atoms in total. The molecule has 33 heavy (non-hydrogen) atoms. The maximum atomic E-state index is 12.9. The summed E-state index contributed by atoms with van der Waals surface area (Å²) < 4.78 is 66.4. The van der Waals surface area contributed by atoms with Crippen LogP contribution in [0.1, 0.15) is 18.4 Å². The number of likely N-dealkylation sites (tertiary alicyclic amines) is 1. The Morgan fingerprint density at radius 1 is 0.939 bits per heavy atom. The summed E-state index contributed by atoms with van der Waals surface area (Å²) in [5, 5.41) is 4.82. The number of urea groups is 1. The van der Waals surface area contributed by atoms with Gasteiger partial charge in [-0.05, 0) is 42.5 Å². The van der Waals surface area contributed by atoms with Gasteiger partial charge in [0.1, 0.15) is 0 Å². The van der Waals surface area contributed by atoms with Crippen LogP contribution in [0.5, 0.6) is 0 Å². The molecule has 1 heterocycles. The molecule has 0 bridgehead atoms. The first-order valence-corrected chi connectivity index (χ1v) is 11.8. The lowest BCUT2D eigenvalue weighted by Gasteiger charge is -2.32. The van der Waals surface area contributed by atoms with Crippen molar-refractivity contribution in [1.82, 2.24) is 9.62 Å². The minimum absolute atomic E-state index is 0.287. The fraction of sp³-hybridized carbons (Fsp3) is 0.261. The van der Waals surface area contributed by atoms with E-state index in [-0.39, 0.29) is 6.03 Å². The third-order valence-corrected chi connectivity index (χ3v) is 7.13. The van der Waals surface area contributed by atoms with Crippen molar-refractivity contribution in [2.24, 2.45) is 0 Å². The molecule has 4 rings (SSSR count). The van der Waals surface area contributed by atoms with Gasteiger partial charge in [0.2, 0.25) is 10.0 Å². The lowest BCUT2D eigenvalue weighted by Crippen LogP contribution is -2.47. The molecule has 10 heteroatoms. The van der Waals surface area contributed by atoms with Gasteiger partial charge in [0.15, 0.2) is 0 Å². The Labute approximate surface area is 189 Å². The smallest absolute Gasteiger partial charge is 0.324 e. The van der Waals surface area contributed by atoms with Crippen molar-refractivity contribution < 1.29 is 26.4 Å². The maximum Gasteiger partial charge on any atom is 0.416 e. The van der Waals surface area contributed by atoms with Crippen LogP contribution in [0.2, 0.25) is 0 Å². The number of fused-ring (bicyclic) bond motifs is 1. The van der Waals surface area contributed by atoms with Crippen LogP contribution in [-0.4, -0.2) is 38.5 Å². The van der Waals surface area contributed by atoms with Crippen LogP contribution in [0, 0.1) is 0 Å². The highest BCUT2D eigenvalue weighted by Crippen LogP contribution is 2.30.